The van der Waals surface area contributed by atoms with Crippen molar-refractivity contribution >= 4 is 0 Å². The molecule has 0 saturated heterocycles. The first-order chi connectivity index (χ1) is 31.6. The molecular weight excluding hydrogens is 783 g/mol. The van der Waals surface area contributed by atoms with Gasteiger partial charge in [-0.05, 0) is 100 Å². The van der Waals surface area contributed by atoms with E-state index in [1.54, 1.807) is 0 Å². The van der Waals surface area contributed by atoms with Crippen molar-refractivity contribution in [3.63, 3.8) is 0 Å². The van der Waals surface area contributed by atoms with Gasteiger partial charge < -0.3 is 0 Å². The van der Waals surface area contributed by atoms with Crippen molar-refractivity contribution in [1.29, 1.82) is 0 Å². The topological polar surface area (TPSA) is 90.2 Å². The maximum Gasteiger partial charge on any atom is 0.182 e. The standard InChI is InChI=1S/C57H41N7/c1-5-16-34(17-6-1)50-59-51(35-18-7-2-8-19-35)62-54(61-50)46-28-38(29-47(58-46)55-63-52(36-20-9-3-10-21-36)60-53(64-55)37-22-11-4-12-23-37)42-25-15-27-45-49(42)43-24-13-14-26-44(43)57(45)41-31-39-30-40-32-48(57)56(39,40)33-41/h1-29,39-41,48H,30-33H2. The second-order valence-corrected chi connectivity index (χ2v) is 18.5. The first-order valence-electron chi connectivity index (χ1n) is 22.7. The number of pyridine rings is 1. The van der Waals surface area contributed by atoms with E-state index in [0.29, 0.717) is 63.6 Å². The van der Waals surface area contributed by atoms with Gasteiger partial charge in [-0.1, -0.05) is 164 Å². The zero-order valence-corrected chi connectivity index (χ0v) is 35.0. The third kappa shape index (κ3) is 5.01. The summed E-state index contributed by atoms with van der Waals surface area (Å²) in [4.78, 5) is 36.2. The molecule has 4 fully saturated rings. The fourth-order valence-electron chi connectivity index (χ4n) is 13.3. The third-order valence-corrected chi connectivity index (χ3v) is 15.8. The molecular formula is C57H41N7. The molecule has 0 radical (unpaired) electrons. The van der Waals surface area contributed by atoms with Crippen molar-refractivity contribution in [2.24, 2.45) is 29.1 Å². The highest BCUT2D eigenvalue weighted by Gasteiger charge is 2.82. The molecule has 7 nitrogen and oxygen atoms in total. The summed E-state index contributed by atoms with van der Waals surface area (Å²) in [6.45, 7) is 0. The van der Waals surface area contributed by atoms with E-state index in [1.165, 1.54) is 53.5 Å². The van der Waals surface area contributed by atoms with E-state index in [4.69, 9.17) is 34.9 Å². The van der Waals surface area contributed by atoms with Crippen molar-refractivity contribution in [3.05, 3.63) is 187 Å². The molecule has 7 heteroatoms. The van der Waals surface area contributed by atoms with Crippen LogP contribution in [-0.2, 0) is 5.41 Å². The molecule has 9 aromatic rings. The van der Waals surface area contributed by atoms with E-state index in [9.17, 15) is 0 Å². The second-order valence-electron chi connectivity index (χ2n) is 18.5. The minimum Gasteiger partial charge on any atom is -0.241 e. The average Bonchev–Trinajstić information content (AvgIpc) is 3.98. The highest BCUT2D eigenvalue weighted by atomic mass is 15.1. The van der Waals surface area contributed by atoms with Crippen molar-refractivity contribution in [2.45, 2.75) is 31.1 Å². The van der Waals surface area contributed by atoms with Crippen LogP contribution in [0, 0.1) is 29.1 Å². The Bertz CT molecular complexity index is 3060. The third-order valence-electron chi connectivity index (χ3n) is 15.8. The highest BCUT2D eigenvalue weighted by Crippen LogP contribution is 2.88. The SMILES string of the molecule is c1ccc(-c2nc(-c3ccccc3)nc(-c3cc(-c4cccc5c4-c4ccccc4C54C5CC6CC7CC4C67C5)cc(-c4nc(-c5ccccc5)nc(-c5ccccc5)n4)n3)n2)cc1. The smallest absolute Gasteiger partial charge is 0.182 e. The quantitative estimate of drug-likeness (QED) is 0.158. The molecule has 3 heterocycles. The summed E-state index contributed by atoms with van der Waals surface area (Å²) < 4.78 is 0. The van der Waals surface area contributed by atoms with Crippen LogP contribution < -0.4 is 0 Å². The summed E-state index contributed by atoms with van der Waals surface area (Å²) in [5.74, 6) is 6.49. The molecule has 0 N–H and O–H groups in total. The van der Waals surface area contributed by atoms with E-state index < -0.39 is 0 Å². The van der Waals surface area contributed by atoms with Crippen molar-refractivity contribution in [3.8, 4) is 90.8 Å². The summed E-state index contributed by atoms with van der Waals surface area (Å²) >= 11 is 0. The number of hydrogen-bond donors (Lipinski definition) is 0. The van der Waals surface area contributed by atoms with Crippen LogP contribution in [0.4, 0.5) is 0 Å². The number of rotatable bonds is 7. The van der Waals surface area contributed by atoms with Crippen LogP contribution in [0.15, 0.2) is 176 Å². The Morgan fingerprint density at radius 3 is 1.27 bits per heavy atom. The molecule has 2 bridgehead atoms. The number of benzene rings is 6. The van der Waals surface area contributed by atoms with E-state index in [2.05, 4.69) is 54.6 Å². The summed E-state index contributed by atoms with van der Waals surface area (Å²) in [5, 5.41) is 0. The Labute approximate surface area is 371 Å². The van der Waals surface area contributed by atoms with Gasteiger partial charge in [0.05, 0.1) is 0 Å². The van der Waals surface area contributed by atoms with Crippen LogP contribution in [0.2, 0.25) is 0 Å². The van der Waals surface area contributed by atoms with Crippen molar-refractivity contribution < 1.29 is 0 Å². The predicted molar refractivity (Wildman–Crippen MR) is 250 cm³/mol. The van der Waals surface area contributed by atoms with Gasteiger partial charge in [0.1, 0.15) is 11.4 Å². The Kier molecular flexibility index (Phi) is 7.60. The Morgan fingerprint density at radius 1 is 0.344 bits per heavy atom. The fourth-order valence-corrected chi connectivity index (χ4v) is 13.3. The summed E-state index contributed by atoms with van der Waals surface area (Å²) in [6.07, 6.45) is 5.54. The summed E-state index contributed by atoms with van der Waals surface area (Å²) in [5.41, 5.74) is 13.4. The number of fused-ring (bicyclic) bond motifs is 8. The lowest BCUT2D eigenvalue weighted by molar-refractivity contribution is -0.193. The van der Waals surface area contributed by atoms with Crippen LogP contribution in [0.5, 0.6) is 0 Å². The van der Waals surface area contributed by atoms with E-state index >= 15 is 0 Å². The maximum atomic E-state index is 5.42. The van der Waals surface area contributed by atoms with Crippen molar-refractivity contribution in [1.82, 2.24) is 34.9 Å². The van der Waals surface area contributed by atoms with Gasteiger partial charge in [-0.3, -0.25) is 0 Å². The van der Waals surface area contributed by atoms with Crippen LogP contribution in [-0.4, -0.2) is 34.9 Å². The average molecular weight is 824 g/mol. The van der Waals surface area contributed by atoms with E-state index in [-0.39, 0.29) is 5.41 Å². The number of aromatic nitrogens is 7. The fraction of sp³-hybridized carbons (Fsp3) is 0.175. The highest BCUT2D eigenvalue weighted by molar-refractivity contribution is 5.94. The molecule has 6 aromatic carbocycles. The molecule has 6 atom stereocenters. The van der Waals surface area contributed by atoms with Gasteiger partial charge in [-0.25, -0.2) is 34.9 Å². The van der Waals surface area contributed by atoms with Crippen LogP contribution in [0.25, 0.3) is 90.8 Å². The Hall–Kier alpha value is -7.51. The van der Waals surface area contributed by atoms with E-state index in [0.717, 1.165) is 39.7 Å². The minimum absolute atomic E-state index is 0.0564. The van der Waals surface area contributed by atoms with Gasteiger partial charge >= 0.3 is 0 Å². The molecule has 5 aliphatic carbocycles. The molecule has 3 aromatic heterocycles. The molecule has 0 amide bonds. The lowest BCUT2D eigenvalue weighted by Gasteiger charge is -2.70. The summed E-state index contributed by atoms with van der Waals surface area (Å²) in [6, 6.07) is 61.2. The molecule has 4 saturated carbocycles. The van der Waals surface area contributed by atoms with E-state index in [1.807, 2.05) is 121 Å². The van der Waals surface area contributed by atoms with Gasteiger partial charge in [-0.2, -0.15) is 0 Å². The van der Waals surface area contributed by atoms with Gasteiger partial charge in [0.2, 0.25) is 0 Å². The molecule has 6 unspecified atom stereocenters. The van der Waals surface area contributed by atoms with Gasteiger partial charge in [0.25, 0.3) is 0 Å². The Morgan fingerprint density at radius 2 is 0.766 bits per heavy atom. The number of hydrogen-bond acceptors (Lipinski definition) is 7. The lowest BCUT2D eigenvalue weighted by atomic mass is 9.34. The first kappa shape index (κ1) is 36.0. The van der Waals surface area contributed by atoms with Gasteiger partial charge in [0, 0.05) is 27.7 Å². The first-order valence-corrected chi connectivity index (χ1v) is 22.7. The molecule has 14 rings (SSSR count). The molecule has 0 aliphatic heterocycles. The molecule has 5 aliphatic rings. The molecule has 2 spiro atoms. The molecule has 64 heavy (non-hydrogen) atoms. The van der Waals surface area contributed by atoms with Crippen molar-refractivity contribution in [2.75, 3.05) is 0 Å². The number of nitrogens with zero attached hydrogens (tertiary/aromatic N) is 7. The maximum absolute atomic E-state index is 5.42. The zero-order chi connectivity index (χ0) is 42.0. The molecule has 304 valence electrons. The predicted octanol–water partition coefficient (Wildman–Crippen LogP) is 12.5. The lowest BCUT2D eigenvalue weighted by Crippen LogP contribution is -2.65. The monoisotopic (exact) mass is 823 g/mol. The second kappa shape index (κ2) is 13.5. The van der Waals surface area contributed by atoms with Crippen LogP contribution in [0.3, 0.4) is 0 Å². The Balaban J connectivity index is 1.02. The largest absolute Gasteiger partial charge is 0.241 e. The van der Waals surface area contributed by atoms with Crippen LogP contribution in [0.1, 0.15) is 36.8 Å². The van der Waals surface area contributed by atoms with Crippen LogP contribution >= 0.6 is 0 Å². The van der Waals surface area contributed by atoms with Gasteiger partial charge in [-0.15, -0.1) is 0 Å². The summed E-state index contributed by atoms with van der Waals surface area (Å²) in [7, 11) is 0. The van der Waals surface area contributed by atoms with Gasteiger partial charge in [0.15, 0.2) is 34.9 Å². The zero-order valence-electron chi connectivity index (χ0n) is 35.0. The minimum atomic E-state index is 0.0564. The normalized spacial score (nSPS) is 23.8.